The van der Waals surface area contributed by atoms with E-state index in [4.69, 9.17) is 0 Å². The van der Waals surface area contributed by atoms with Crippen molar-refractivity contribution in [3.05, 3.63) is 35.7 Å². The Morgan fingerprint density at radius 3 is 2.44 bits per heavy atom. The molecule has 1 aromatic carbocycles. The first-order chi connectivity index (χ1) is 16.4. The number of aromatic nitrogens is 3. The van der Waals surface area contributed by atoms with Gasteiger partial charge in [-0.15, -0.1) is 10.2 Å². The molecular weight excluding hydrogens is 463 g/mol. The van der Waals surface area contributed by atoms with Crippen LogP contribution in [0.1, 0.15) is 75.2 Å². The van der Waals surface area contributed by atoms with Gasteiger partial charge in [0.15, 0.2) is 11.0 Å². The molecule has 0 atom stereocenters. The van der Waals surface area contributed by atoms with Gasteiger partial charge in [-0.1, -0.05) is 49.9 Å². The zero-order valence-corrected chi connectivity index (χ0v) is 20.1. The van der Waals surface area contributed by atoms with Crippen LogP contribution in [0.15, 0.2) is 29.4 Å². The lowest BCUT2D eigenvalue weighted by Crippen LogP contribution is -2.33. The Morgan fingerprint density at radius 2 is 1.74 bits per heavy atom. The highest BCUT2D eigenvalue weighted by molar-refractivity contribution is 7.99. The van der Waals surface area contributed by atoms with Crippen LogP contribution in [0.25, 0.3) is 0 Å². The lowest BCUT2D eigenvalue weighted by atomic mass is 9.95. The molecule has 1 amide bonds. The van der Waals surface area contributed by atoms with Crippen molar-refractivity contribution in [3.63, 3.8) is 0 Å². The highest BCUT2D eigenvalue weighted by Gasteiger charge is 2.30. The first-order valence-corrected chi connectivity index (χ1v) is 13.2. The summed E-state index contributed by atoms with van der Waals surface area (Å²) in [5.74, 6) is 1.15. The molecule has 2 heterocycles. The molecule has 4 rings (SSSR count). The molecule has 6 nitrogen and oxygen atoms in total. The SMILES string of the molecule is O=C(CSc1nnc(CNc2cccc(C(F)(F)F)c2)n1C1CCCCC1)N1CCCCCC1. The molecule has 2 aliphatic rings. The summed E-state index contributed by atoms with van der Waals surface area (Å²) in [5, 5.41) is 12.5. The van der Waals surface area contributed by atoms with Gasteiger partial charge >= 0.3 is 6.18 Å². The number of carbonyl (C=O) groups is 1. The Labute approximate surface area is 202 Å². The number of anilines is 1. The molecule has 1 N–H and O–H groups in total. The number of benzene rings is 1. The van der Waals surface area contributed by atoms with Crippen LogP contribution in [0.4, 0.5) is 18.9 Å². The molecule has 34 heavy (non-hydrogen) atoms. The minimum absolute atomic E-state index is 0.133. The summed E-state index contributed by atoms with van der Waals surface area (Å²) in [6.45, 7) is 1.91. The molecule has 0 spiro atoms. The Bertz CT molecular complexity index is 950. The number of halogens is 3. The van der Waals surface area contributed by atoms with E-state index >= 15 is 0 Å². The second-order valence-electron chi connectivity index (χ2n) is 9.08. The smallest absolute Gasteiger partial charge is 0.378 e. The van der Waals surface area contributed by atoms with E-state index in [1.165, 1.54) is 37.1 Å². The predicted octanol–water partition coefficient (Wildman–Crippen LogP) is 5.91. The minimum Gasteiger partial charge on any atom is -0.378 e. The molecule has 1 saturated heterocycles. The van der Waals surface area contributed by atoms with Crippen molar-refractivity contribution in [3.8, 4) is 0 Å². The Balaban J connectivity index is 1.46. The Hall–Kier alpha value is -2.23. The van der Waals surface area contributed by atoms with Gasteiger partial charge < -0.3 is 14.8 Å². The summed E-state index contributed by atoms with van der Waals surface area (Å²) in [7, 11) is 0. The second kappa shape index (κ2) is 11.5. The van der Waals surface area contributed by atoms with Crippen molar-refractivity contribution in [2.75, 3.05) is 24.2 Å². The van der Waals surface area contributed by atoms with Crippen molar-refractivity contribution in [2.45, 2.75) is 81.7 Å². The van der Waals surface area contributed by atoms with Gasteiger partial charge in [0.1, 0.15) is 0 Å². The summed E-state index contributed by atoms with van der Waals surface area (Å²) < 4.78 is 41.3. The summed E-state index contributed by atoms with van der Waals surface area (Å²) in [4.78, 5) is 14.7. The van der Waals surface area contributed by atoms with Gasteiger partial charge in [-0.05, 0) is 43.9 Å². The molecule has 0 unspecified atom stereocenters. The van der Waals surface area contributed by atoms with Crippen molar-refractivity contribution in [1.82, 2.24) is 19.7 Å². The minimum atomic E-state index is -4.39. The van der Waals surface area contributed by atoms with E-state index in [0.29, 0.717) is 17.3 Å². The van der Waals surface area contributed by atoms with E-state index in [-0.39, 0.29) is 18.5 Å². The summed E-state index contributed by atoms with van der Waals surface area (Å²) in [6.07, 6.45) is 5.56. The third-order valence-corrected chi connectivity index (χ3v) is 7.53. The predicted molar refractivity (Wildman–Crippen MR) is 127 cm³/mol. The zero-order valence-electron chi connectivity index (χ0n) is 19.3. The number of hydrogen-bond donors (Lipinski definition) is 1. The van der Waals surface area contributed by atoms with Crippen LogP contribution in [-0.4, -0.2) is 44.4 Å². The molecule has 1 aliphatic carbocycles. The van der Waals surface area contributed by atoms with Crippen molar-refractivity contribution in [2.24, 2.45) is 0 Å². The number of likely N-dealkylation sites (tertiary alicyclic amines) is 1. The average Bonchev–Trinajstić information content (AvgIpc) is 3.04. The molecule has 0 radical (unpaired) electrons. The number of thioether (sulfide) groups is 1. The van der Waals surface area contributed by atoms with Gasteiger partial charge in [0, 0.05) is 24.8 Å². The van der Waals surface area contributed by atoms with Gasteiger partial charge in [-0.3, -0.25) is 4.79 Å². The normalized spacial score (nSPS) is 18.0. The molecule has 10 heteroatoms. The van der Waals surface area contributed by atoms with Crippen LogP contribution in [-0.2, 0) is 17.5 Å². The van der Waals surface area contributed by atoms with Gasteiger partial charge in [0.05, 0.1) is 17.9 Å². The number of nitrogens with zero attached hydrogens (tertiary/aromatic N) is 4. The molecule has 1 aliphatic heterocycles. The number of alkyl halides is 3. The molecule has 186 valence electrons. The third kappa shape index (κ3) is 6.46. The van der Waals surface area contributed by atoms with E-state index in [1.54, 1.807) is 6.07 Å². The van der Waals surface area contributed by atoms with Gasteiger partial charge in [0.2, 0.25) is 5.91 Å². The zero-order chi connectivity index (χ0) is 24.0. The fourth-order valence-corrected chi connectivity index (χ4v) is 5.68. The van der Waals surface area contributed by atoms with Crippen molar-refractivity contribution in [1.29, 1.82) is 0 Å². The van der Waals surface area contributed by atoms with Crippen LogP contribution in [0.2, 0.25) is 0 Å². The van der Waals surface area contributed by atoms with E-state index in [1.807, 2.05) is 4.90 Å². The topological polar surface area (TPSA) is 63.1 Å². The largest absolute Gasteiger partial charge is 0.416 e. The van der Waals surface area contributed by atoms with E-state index in [2.05, 4.69) is 20.1 Å². The van der Waals surface area contributed by atoms with Gasteiger partial charge in [-0.25, -0.2) is 0 Å². The first kappa shape index (κ1) is 24.9. The van der Waals surface area contributed by atoms with Crippen molar-refractivity contribution < 1.29 is 18.0 Å². The third-order valence-electron chi connectivity index (χ3n) is 6.60. The molecule has 2 fully saturated rings. The van der Waals surface area contributed by atoms with Crippen LogP contribution in [0.3, 0.4) is 0 Å². The van der Waals surface area contributed by atoms with Gasteiger partial charge in [0.25, 0.3) is 0 Å². The maximum absolute atomic E-state index is 13.1. The Morgan fingerprint density at radius 1 is 1.03 bits per heavy atom. The van der Waals surface area contributed by atoms with E-state index in [0.717, 1.165) is 68.9 Å². The lowest BCUT2D eigenvalue weighted by molar-refractivity contribution is -0.137. The summed E-state index contributed by atoms with van der Waals surface area (Å²) >= 11 is 1.42. The second-order valence-corrected chi connectivity index (χ2v) is 10.0. The Kier molecular flexibility index (Phi) is 8.39. The van der Waals surface area contributed by atoms with Crippen LogP contribution in [0.5, 0.6) is 0 Å². The fraction of sp³-hybridized carbons (Fsp3) is 0.625. The molecule has 2 aromatic rings. The van der Waals surface area contributed by atoms with E-state index < -0.39 is 11.7 Å². The number of hydrogen-bond acceptors (Lipinski definition) is 5. The maximum atomic E-state index is 13.1. The number of carbonyl (C=O) groups excluding carboxylic acids is 1. The van der Waals surface area contributed by atoms with Gasteiger partial charge in [-0.2, -0.15) is 13.2 Å². The number of nitrogens with one attached hydrogen (secondary N) is 1. The number of rotatable bonds is 7. The maximum Gasteiger partial charge on any atom is 0.416 e. The molecule has 1 aromatic heterocycles. The standard InChI is InChI=1S/C24H32F3N5OS/c25-24(26,27)18-9-8-10-19(15-18)28-16-21-29-30-23(32(21)20-11-4-3-5-12-20)34-17-22(33)31-13-6-1-2-7-14-31/h8-10,15,20,28H,1-7,11-14,16-17H2. The molecular formula is C24H32F3N5OS. The van der Waals surface area contributed by atoms with E-state index in [9.17, 15) is 18.0 Å². The highest BCUT2D eigenvalue weighted by atomic mass is 32.2. The molecule has 0 bridgehead atoms. The summed E-state index contributed by atoms with van der Waals surface area (Å²) in [6, 6.07) is 5.43. The van der Waals surface area contributed by atoms with Crippen LogP contribution in [0, 0.1) is 0 Å². The quantitative estimate of drug-likeness (QED) is 0.484. The fourth-order valence-electron chi connectivity index (χ4n) is 4.76. The van der Waals surface area contributed by atoms with Crippen LogP contribution < -0.4 is 5.32 Å². The molecule has 1 saturated carbocycles. The monoisotopic (exact) mass is 495 g/mol. The first-order valence-electron chi connectivity index (χ1n) is 12.2. The highest BCUT2D eigenvalue weighted by Crippen LogP contribution is 2.34. The lowest BCUT2D eigenvalue weighted by Gasteiger charge is -2.26. The van der Waals surface area contributed by atoms with Crippen LogP contribution >= 0.6 is 11.8 Å². The number of amides is 1. The average molecular weight is 496 g/mol. The summed E-state index contributed by atoms with van der Waals surface area (Å²) in [5.41, 5.74) is -0.298. The van der Waals surface area contributed by atoms with Crippen molar-refractivity contribution >= 4 is 23.4 Å².